The smallest absolute Gasteiger partial charge is 0.335 e. The summed E-state index contributed by atoms with van der Waals surface area (Å²) in [7, 11) is 1.56. The number of nitrogens with one attached hydrogen (secondary N) is 1. The van der Waals surface area contributed by atoms with E-state index in [-0.39, 0.29) is 48.2 Å². The molecule has 1 aliphatic heterocycles. The Kier molecular flexibility index (Phi) is 8.84. The number of ether oxygens (including phenoxy) is 5. The molecule has 6 rings (SSSR count). The number of carbonyl (C=O) groups is 1. The Morgan fingerprint density at radius 1 is 0.957 bits per heavy atom. The van der Waals surface area contributed by atoms with Crippen LogP contribution in [0, 0.1) is 11.6 Å². The van der Waals surface area contributed by atoms with Gasteiger partial charge in [0.05, 0.1) is 23.2 Å². The van der Waals surface area contributed by atoms with E-state index < -0.39 is 28.8 Å². The number of carbonyl (C=O) groups excluding carboxylic acids is 1. The molecular formula is C33H28F2N4O8. The van der Waals surface area contributed by atoms with E-state index in [4.69, 9.17) is 23.7 Å². The molecule has 242 valence electrons. The van der Waals surface area contributed by atoms with Crippen molar-refractivity contribution < 1.29 is 37.3 Å². The Hall–Kier alpha value is -5.76. The fourth-order valence-electron chi connectivity index (χ4n) is 4.98. The average molecular weight is 647 g/mol. The van der Waals surface area contributed by atoms with Crippen LogP contribution in [-0.2, 0) is 11.3 Å². The highest BCUT2D eigenvalue weighted by molar-refractivity contribution is 6.04. The number of hydrogen-bond acceptors (Lipinski definition) is 9. The van der Waals surface area contributed by atoms with Crippen molar-refractivity contribution in [3.05, 3.63) is 105 Å². The highest BCUT2D eigenvalue weighted by Crippen LogP contribution is 2.48. The van der Waals surface area contributed by atoms with E-state index in [1.165, 1.54) is 35.0 Å². The van der Waals surface area contributed by atoms with Gasteiger partial charge in [-0.05, 0) is 49.4 Å². The lowest BCUT2D eigenvalue weighted by atomic mass is 10.1. The topological polar surface area (TPSA) is 132 Å². The monoisotopic (exact) mass is 646 g/mol. The van der Waals surface area contributed by atoms with Crippen molar-refractivity contribution >= 4 is 22.5 Å². The number of aromatic nitrogens is 3. The van der Waals surface area contributed by atoms with Crippen molar-refractivity contribution in [2.24, 2.45) is 0 Å². The Morgan fingerprint density at radius 3 is 2.45 bits per heavy atom. The first-order chi connectivity index (χ1) is 22.8. The van der Waals surface area contributed by atoms with Crippen molar-refractivity contribution in [1.29, 1.82) is 0 Å². The van der Waals surface area contributed by atoms with Crippen LogP contribution in [0.1, 0.15) is 17.3 Å². The van der Waals surface area contributed by atoms with Crippen molar-refractivity contribution in [2.75, 3.05) is 38.9 Å². The van der Waals surface area contributed by atoms with Crippen molar-refractivity contribution in [3.63, 3.8) is 0 Å². The number of halogens is 2. The molecule has 1 N–H and O–H groups in total. The number of methoxy groups -OCH3 is 1. The Morgan fingerprint density at radius 2 is 1.72 bits per heavy atom. The number of nitrogens with zero attached hydrogens (tertiary/aromatic N) is 3. The van der Waals surface area contributed by atoms with Gasteiger partial charge in [-0.15, -0.1) is 0 Å². The number of benzene rings is 3. The van der Waals surface area contributed by atoms with Gasteiger partial charge in [-0.2, -0.15) is 0 Å². The molecule has 1 amide bonds. The lowest BCUT2D eigenvalue weighted by molar-refractivity contribution is 0.102. The van der Waals surface area contributed by atoms with Gasteiger partial charge in [0.1, 0.15) is 37.0 Å². The van der Waals surface area contributed by atoms with E-state index in [9.17, 15) is 18.8 Å². The number of pyridine rings is 1. The molecule has 47 heavy (non-hydrogen) atoms. The van der Waals surface area contributed by atoms with E-state index in [1.54, 1.807) is 26.2 Å². The van der Waals surface area contributed by atoms with Crippen molar-refractivity contribution in [3.8, 4) is 34.4 Å². The third-order valence-electron chi connectivity index (χ3n) is 7.22. The molecule has 0 saturated carbocycles. The van der Waals surface area contributed by atoms with Crippen LogP contribution in [0.4, 0.5) is 14.5 Å². The van der Waals surface area contributed by atoms with Crippen LogP contribution >= 0.6 is 0 Å². The molecule has 0 fully saturated rings. The summed E-state index contributed by atoms with van der Waals surface area (Å²) >= 11 is 0. The Balaban J connectivity index is 1.28. The van der Waals surface area contributed by atoms with E-state index >= 15 is 4.39 Å². The van der Waals surface area contributed by atoms with Crippen LogP contribution in [0.15, 0.2) is 76.6 Å². The van der Waals surface area contributed by atoms with Crippen molar-refractivity contribution in [1.82, 2.24) is 14.1 Å². The van der Waals surface area contributed by atoms with Crippen LogP contribution in [-0.4, -0.2) is 53.6 Å². The summed E-state index contributed by atoms with van der Waals surface area (Å²) in [5, 5.41) is 2.94. The molecule has 3 heterocycles. The first kappa shape index (κ1) is 31.2. The summed E-state index contributed by atoms with van der Waals surface area (Å²) in [6.45, 7) is 3.01. The van der Waals surface area contributed by atoms with Gasteiger partial charge in [0, 0.05) is 43.9 Å². The zero-order valence-electron chi connectivity index (χ0n) is 25.2. The van der Waals surface area contributed by atoms with Gasteiger partial charge in [-0.1, -0.05) is 0 Å². The highest BCUT2D eigenvalue weighted by Gasteiger charge is 2.25. The third kappa shape index (κ3) is 6.22. The predicted molar refractivity (Wildman–Crippen MR) is 166 cm³/mol. The van der Waals surface area contributed by atoms with E-state index in [2.05, 4.69) is 10.3 Å². The van der Waals surface area contributed by atoms with Gasteiger partial charge in [0.25, 0.3) is 11.5 Å². The number of amides is 1. The molecule has 1 aliphatic rings. The number of fused-ring (bicyclic) bond motifs is 3. The highest BCUT2D eigenvalue weighted by atomic mass is 19.1. The van der Waals surface area contributed by atoms with Crippen LogP contribution in [0.3, 0.4) is 0 Å². The molecule has 0 unspecified atom stereocenters. The fraction of sp³-hybridized carbons (Fsp3) is 0.212. The summed E-state index contributed by atoms with van der Waals surface area (Å²) in [5.41, 5.74) is -1.43. The maximum Gasteiger partial charge on any atom is 0.335 e. The lowest BCUT2D eigenvalue weighted by Crippen LogP contribution is -2.42. The van der Waals surface area contributed by atoms with Gasteiger partial charge < -0.3 is 29.0 Å². The largest absolute Gasteiger partial charge is 0.487 e. The predicted octanol–water partition coefficient (Wildman–Crippen LogP) is 4.69. The van der Waals surface area contributed by atoms with Gasteiger partial charge in [0.15, 0.2) is 23.1 Å². The SMILES string of the molecule is CCn1cc(C(=O)Nc2ccc(Oc3ccnc4cc(OCCOC)c5c(c34)OCCO5)c(F)c2)c(=O)n(-c2ccc(F)cc2)c1=O. The maximum absolute atomic E-state index is 15.4. The molecule has 14 heteroatoms. The zero-order valence-corrected chi connectivity index (χ0v) is 25.2. The van der Waals surface area contributed by atoms with Crippen LogP contribution in [0.5, 0.6) is 28.7 Å². The van der Waals surface area contributed by atoms with Crippen LogP contribution in [0.25, 0.3) is 16.6 Å². The van der Waals surface area contributed by atoms with E-state index in [0.717, 1.165) is 29.0 Å². The quantitative estimate of drug-likeness (QED) is 0.215. The summed E-state index contributed by atoms with van der Waals surface area (Å²) in [5.74, 6) is -1.07. The molecule has 2 aromatic heterocycles. The van der Waals surface area contributed by atoms with Crippen molar-refractivity contribution in [2.45, 2.75) is 13.5 Å². The fourth-order valence-corrected chi connectivity index (χ4v) is 4.98. The molecule has 12 nitrogen and oxygen atoms in total. The molecule has 0 bridgehead atoms. The second-order valence-electron chi connectivity index (χ2n) is 10.2. The van der Waals surface area contributed by atoms with E-state index in [1.807, 2.05) is 0 Å². The summed E-state index contributed by atoms with van der Waals surface area (Å²) in [4.78, 5) is 43.8. The Labute approximate surface area is 265 Å². The normalized spacial score (nSPS) is 12.2. The molecule has 0 radical (unpaired) electrons. The van der Waals surface area contributed by atoms with E-state index in [0.29, 0.717) is 41.4 Å². The number of aryl methyl sites for hydroxylation is 1. The second-order valence-corrected chi connectivity index (χ2v) is 10.2. The molecular weight excluding hydrogens is 618 g/mol. The average Bonchev–Trinajstić information content (AvgIpc) is 3.07. The first-order valence-electron chi connectivity index (χ1n) is 14.5. The molecule has 0 aliphatic carbocycles. The molecule has 5 aromatic rings. The molecule has 0 atom stereocenters. The standard InChI is InChI=1S/C33H28F2N4O8/c1-3-38-18-22(32(41)39(33(38)42)21-7-4-19(34)5-8-21)31(40)37-20-6-9-25(23(35)16-20)47-26-10-11-36-24-17-27(44-13-12-43-2)29-30(28(24)26)46-15-14-45-29/h4-11,16-18H,3,12-15H2,1-2H3,(H,37,40). The van der Waals surface area contributed by atoms with Crippen LogP contribution < -0.4 is 35.5 Å². The molecule has 0 saturated heterocycles. The summed E-state index contributed by atoms with van der Waals surface area (Å²) < 4.78 is 59.4. The van der Waals surface area contributed by atoms with Gasteiger partial charge in [-0.3, -0.25) is 19.1 Å². The number of rotatable bonds is 10. The van der Waals surface area contributed by atoms with Gasteiger partial charge >= 0.3 is 5.69 Å². The zero-order chi connectivity index (χ0) is 33.1. The second kappa shape index (κ2) is 13.3. The number of hydrogen-bond donors (Lipinski definition) is 1. The summed E-state index contributed by atoms with van der Waals surface area (Å²) in [6.07, 6.45) is 2.62. The maximum atomic E-state index is 15.4. The lowest BCUT2D eigenvalue weighted by Gasteiger charge is -2.23. The minimum absolute atomic E-state index is 0.0216. The number of anilines is 1. The molecule has 3 aromatic carbocycles. The minimum atomic E-state index is -0.921. The first-order valence-corrected chi connectivity index (χ1v) is 14.5. The van der Waals surface area contributed by atoms with Crippen LogP contribution in [0.2, 0.25) is 0 Å². The third-order valence-corrected chi connectivity index (χ3v) is 7.22. The van der Waals surface area contributed by atoms with Gasteiger partial charge in [-0.25, -0.2) is 18.1 Å². The molecule has 0 spiro atoms. The summed E-state index contributed by atoms with van der Waals surface area (Å²) in [6, 6.07) is 11.7. The Bertz CT molecular complexity index is 2100. The van der Waals surface area contributed by atoms with Gasteiger partial charge in [0.2, 0.25) is 5.75 Å². The minimum Gasteiger partial charge on any atom is -0.487 e.